The molecule has 1 amide bonds. The maximum Gasteiger partial charge on any atom is 0.251 e. The molecule has 6 nitrogen and oxygen atoms in total. The van der Waals surface area contributed by atoms with Crippen molar-refractivity contribution in [2.75, 3.05) is 26.2 Å². The maximum atomic E-state index is 12.7. The summed E-state index contributed by atoms with van der Waals surface area (Å²) >= 11 is 0. The van der Waals surface area contributed by atoms with Crippen LogP contribution in [-0.2, 0) is 14.8 Å². The lowest BCUT2D eigenvalue weighted by atomic mass is 10.2. The zero-order chi connectivity index (χ0) is 17.7. The number of nitrogens with zero attached hydrogens (tertiary/aromatic N) is 1. The van der Waals surface area contributed by atoms with Gasteiger partial charge < -0.3 is 10.1 Å². The van der Waals surface area contributed by atoms with E-state index in [-0.39, 0.29) is 16.9 Å². The Morgan fingerprint density at radius 3 is 2.36 bits per heavy atom. The Balaban J connectivity index is 1.63. The van der Waals surface area contributed by atoms with E-state index in [2.05, 4.69) is 5.32 Å². The van der Waals surface area contributed by atoms with Crippen LogP contribution >= 0.6 is 0 Å². The van der Waals surface area contributed by atoms with Crippen molar-refractivity contribution in [2.24, 2.45) is 0 Å². The highest BCUT2D eigenvalue weighted by Crippen LogP contribution is 2.20. The molecule has 3 rings (SSSR count). The zero-order valence-corrected chi connectivity index (χ0v) is 15.3. The van der Waals surface area contributed by atoms with E-state index in [9.17, 15) is 13.2 Å². The third-order valence-corrected chi connectivity index (χ3v) is 6.75. The Morgan fingerprint density at radius 1 is 1.08 bits per heavy atom. The first-order valence-electron chi connectivity index (χ1n) is 9.07. The van der Waals surface area contributed by atoms with Crippen LogP contribution in [0.5, 0.6) is 0 Å². The minimum absolute atomic E-state index is 0.0895. The molecule has 1 N–H and O–H groups in total. The van der Waals surface area contributed by atoms with Gasteiger partial charge in [0.1, 0.15) is 0 Å². The van der Waals surface area contributed by atoms with Gasteiger partial charge in [0.25, 0.3) is 5.91 Å². The van der Waals surface area contributed by atoms with Crippen LogP contribution in [0.15, 0.2) is 29.2 Å². The van der Waals surface area contributed by atoms with Crippen molar-refractivity contribution in [1.29, 1.82) is 0 Å². The molecule has 0 aromatic heterocycles. The number of ether oxygens (including phenoxy) is 1. The lowest BCUT2D eigenvalue weighted by Crippen LogP contribution is -2.32. The fourth-order valence-corrected chi connectivity index (χ4v) is 4.84. The molecule has 0 bridgehead atoms. The van der Waals surface area contributed by atoms with Gasteiger partial charge in [-0.15, -0.1) is 0 Å². The number of hydrogen-bond acceptors (Lipinski definition) is 4. The summed E-state index contributed by atoms with van der Waals surface area (Å²) < 4.78 is 32.5. The molecule has 0 radical (unpaired) electrons. The first kappa shape index (κ1) is 18.4. The van der Waals surface area contributed by atoms with Gasteiger partial charge in [-0.25, -0.2) is 8.42 Å². The van der Waals surface area contributed by atoms with Crippen LogP contribution in [0.3, 0.4) is 0 Å². The summed E-state index contributed by atoms with van der Waals surface area (Å²) in [5, 5.41) is 2.85. The molecular formula is C18H26N2O4S. The lowest BCUT2D eigenvalue weighted by molar-refractivity contribution is 0.0857. The normalized spacial score (nSPS) is 22.5. The summed E-state index contributed by atoms with van der Waals surface area (Å²) in [6, 6.07) is 6.22. The Hall–Kier alpha value is -1.44. The molecule has 25 heavy (non-hydrogen) atoms. The van der Waals surface area contributed by atoms with Crippen molar-refractivity contribution in [1.82, 2.24) is 9.62 Å². The molecule has 1 aromatic rings. The summed E-state index contributed by atoms with van der Waals surface area (Å²) in [7, 11) is -3.47. The zero-order valence-electron chi connectivity index (χ0n) is 14.4. The molecule has 1 aromatic carbocycles. The average molecular weight is 366 g/mol. The minimum atomic E-state index is -3.47. The highest BCUT2D eigenvalue weighted by atomic mass is 32.2. The topological polar surface area (TPSA) is 75.7 Å². The SMILES string of the molecule is O=C(NCC1CCCO1)c1ccc(S(=O)(=O)N2CCCCCC2)cc1. The molecule has 1 atom stereocenters. The fraction of sp³-hybridized carbons (Fsp3) is 0.611. The van der Waals surface area contributed by atoms with E-state index in [1.165, 1.54) is 12.1 Å². The predicted molar refractivity (Wildman–Crippen MR) is 95.0 cm³/mol. The molecule has 2 aliphatic heterocycles. The quantitative estimate of drug-likeness (QED) is 0.866. The fourth-order valence-electron chi connectivity index (χ4n) is 3.32. The number of carbonyl (C=O) groups excluding carboxylic acids is 1. The van der Waals surface area contributed by atoms with Gasteiger partial charge in [0.15, 0.2) is 0 Å². The highest BCUT2D eigenvalue weighted by molar-refractivity contribution is 7.89. The number of carbonyl (C=O) groups is 1. The van der Waals surface area contributed by atoms with Crippen LogP contribution in [0.2, 0.25) is 0 Å². The number of amides is 1. The van der Waals surface area contributed by atoms with E-state index in [4.69, 9.17) is 4.74 Å². The number of nitrogens with one attached hydrogen (secondary N) is 1. The van der Waals surface area contributed by atoms with E-state index < -0.39 is 10.0 Å². The van der Waals surface area contributed by atoms with Gasteiger partial charge in [-0.3, -0.25) is 4.79 Å². The molecule has 138 valence electrons. The van der Waals surface area contributed by atoms with Gasteiger partial charge in [0.05, 0.1) is 11.0 Å². The van der Waals surface area contributed by atoms with Gasteiger partial charge in [-0.2, -0.15) is 4.31 Å². The van der Waals surface area contributed by atoms with Crippen molar-refractivity contribution in [3.05, 3.63) is 29.8 Å². The number of rotatable bonds is 5. The standard InChI is InChI=1S/C18H26N2O4S/c21-18(19-14-16-6-5-13-24-16)15-7-9-17(10-8-15)25(22,23)20-11-3-1-2-4-12-20/h7-10,16H,1-6,11-14H2,(H,19,21). The molecule has 2 saturated heterocycles. The second kappa shape index (κ2) is 8.29. The predicted octanol–water partition coefficient (Wildman–Crippen LogP) is 2.16. The second-order valence-electron chi connectivity index (χ2n) is 6.69. The summed E-state index contributed by atoms with van der Waals surface area (Å²) in [4.78, 5) is 12.4. The van der Waals surface area contributed by atoms with Crippen LogP contribution in [-0.4, -0.2) is 51.0 Å². The average Bonchev–Trinajstić information content (AvgIpc) is 2.99. The van der Waals surface area contributed by atoms with Crippen molar-refractivity contribution >= 4 is 15.9 Å². The van der Waals surface area contributed by atoms with Crippen LogP contribution in [0.25, 0.3) is 0 Å². The Kier molecular flexibility index (Phi) is 6.09. The van der Waals surface area contributed by atoms with Gasteiger partial charge in [-0.1, -0.05) is 12.8 Å². The lowest BCUT2D eigenvalue weighted by Gasteiger charge is -2.20. The Morgan fingerprint density at radius 2 is 1.76 bits per heavy atom. The smallest absolute Gasteiger partial charge is 0.251 e. The first-order valence-corrected chi connectivity index (χ1v) is 10.5. The summed E-state index contributed by atoms with van der Waals surface area (Å²) in [6.45, 7) is 2.40. The van der Waals surface area contributed by atoms with Crippen LogP contribution in [0.4, 0.5) is 0 Å². The van der Waals surface area contributed by atoms with Gasteiger partial charge in [0, 0.05) is 31.8 Å². The van der Waals surface area contributed by atoms with Crippen molar-refractivity contribution in [2.45, 2.75) is 49.5 Å². The van der Waals surface area contributed by atoms with E-state index in [1.807, 2.05) is 0 Å². The molecule has 0 aliphatic carbocycles. The van der Waals surface area contributed by atoms with Gasteiger partial charge in [0.2, 0.25) is 10.0 Å². The summed E-state index contributed by atoms with van der Waals surface area (Å²) in [5.41, 5.74) is 0.466. The van der Waals surface area contributed by atoms with Crippen molar-refractivity contribution in [3.63, 3.8) is 0 Å². The molecule has 7 heteroatoms. The van der Waals surface area contributed by atoms with Crippen LogP contribution in [0.1, 0.15) is 48.9 Å². The van der Waals surface area contributed by atoms with E-state index >= 15 is 0 Å². The molecule has 0 saturated carbocycles. The number of sulfonamides is 1. The van der Waals surface area contributed by atoms with Gasteiger partial charge >= 0.3 is 0 Å². The number of benzene rings is 1. The first-order chi connectivity index (χ1) is 12.1. The monoisotopic (exact) mass is 366 g/mol. The molecule has 2 aliphatic rings. The van der Waals surface area contributed by atoms with Gasteiger partial charge in [-0.05, 0) is 49.9 Å². The van der Waals surface area contributed by atoms with E-state index in [1.54, 1.807) is 16.4 Å². The van der Waals surface area contributed by atoms with Crippen molar-refractivity contribution < 1.29 is 17.9 Å². The molecule has 0 spiro atoms. The third kappa shape index (κ3) is 4.59. The van der Waals surface area contributed by atoms with Crippen molar-refractivity contribution in [3.8, 4) is 0 Å². The molecular weight excluding hydrogens is 340 g/mol. The minimum Gasteiger partial charge on any atom is -0.376 e. The third-order valence-electron chi connectivity index (χ3n) is 4.83. The van der Waals surface area contributed by atoms with E-state index in [0.717, 1.165) is 45.1 Å². The molecule has 2 fully saturated rings. The molecule has 2 heterocycles. The summed E-state index contributed by atoms with van der Waals surface area (Å²) in [6.07, 6.45) is 6.06. The maximum absolute atomic E-state index is 12.7. The summed E-state index contributed by atoms with van der Waals surface area (Å²) in [5.74, 6) is -0.200. The largest absolute Gasteiger partial charge is 0.376 e. The van der Waals surface area contributed by atoms with E-state index in [0.29, 0.717) is 25.2 Å². The molecule has 1 unspecified atom stereocenters. The Bertz CT molecular complexity index is 674. The highest BCUT2D eigenvalue weighted by Gasteiger charge is 2.25. The Labute approximate surface area is 149 Å². The van der Waals surface area contributed by atoms with Crippen LogP contribution < -0.4 is 5.32 Å². The van der Waals surface area contributed by atoms with Crippen LogP contribution in [0, 0.1) is 0 Å². The number of hydrogen-bond donors (Lipinski definition) is 1. The second-order valence-corrected chi connectivity index (χ2v) is 8.63.